The highest BCUT2D eigenvalue weighted by atomic mass is 19.4. The van der Waals surface area contributed by atoms with Crippen molar-refractivity contribution in [3.05, 3.63) is 42.2 Å². The summed E-state index contributed by atoms with van der Waals surface area (Å²) in [6.45, 7) is 1.16. The fourth-order valence-corrected chi connectivity index (χ4v) is 2.11. The van der Waals surface area contributed by atoms with Crippen molar-refractivity contribution in [2.75, 3.05) is 0 Å². The molecule has 3 N–H and O–H groups in total. The molecular formula is C15H15F3N4O3. The Hall–Kier alpha value is -3.04. The van der Waals surface area contributed by atoms with Crippen LogP contribution in [0, 0.1) is 0 Å². The fraction of sp³-hybridized carbons (Fsp3) is 0.267. The van der Waals surface area contributed by atoms with Gasteiger partial charge in [-0.15, -0.1) is 13.2 Å². The highest BCUT2D eigenvalue weighted by molar-refractivity contribution is 6.06. The number of hydrogen-bond acceptors (Lipinski definition) is 5. The van der Waals surface area contributed by atoms with Crippen LogP contribution in [0.25, 0.3) is 0 Å². The maximum atomic E-state index is 12.4. The van der Waals surface area contributed by atoms with Crippen molar-refractivity contribution in [1.82, 2.24) is 16.0 Å². The van der Waals surface area contributed by atoms with E-state index in [0.29, 0.717) is 5.56 Å². The molecule has 2 amide bonds. The molecule has 0 radical (unpaired) electrons. The van der Waals surface area contributed by atoms with Crippen molar-refractivity contribution >= 4 is 18.0 Å². The predicted octanol–water partition coefficient (Wildman–Crippen LogP) is 1.18. The van der Waals surface area contributed by atoms with E-state index >= 15 is 0 Å². The number of benzene rings is 1. The molecule has 1 heterocycles. The number of amides is 2. The van der Waals surface area contributed by atoms with Crippen LogP contribution in [-0.2, 0) is 16.1 Å². The van der Waals surface area contributed by atoms with E-state index in [-0.39, 0.29) is 6.54 Å². The van der Waals surface area contributed by atoms with Crippen molar-refractivity contribution in [3.63, 3.8) is 0 Å². The number of rotatable bonds is 5. The van der Waals surface area contributed by atoms with Crippen LogP contribution in [0.3, 0.4) is 0 Å². The largest absolute Gasteiger partial charge is 0.573 e. The molecule has 1 atom stereocenters. The summed E-state index contributed by atoms with van der Waals surface area (Å²) in [7, 11) is 0. The zero-order chi connectivity index (χ0) is 18.5. The van der Waals surface area contributed by atoms with Gasteiger partial charge in [0, 0.05) is 25.9 Å². The Balaban J connectivity index is 2.05. The third kappa shape index (κ3) is 5.23. The smallest absolute Gasteiger partial charge is 0.406 e. The van der Waals surface area contributed by atoms with Gasteiger partial charge in [-0.3, -0.25) is 14.6 Å². The molecular weight excluding hydrogens is 341 g/mol. The van der Waals surface area contributed by atoms with Gasteiger partial charge >= 0.3 is 6.36 Å². The Morgan fingerprint density at radius 1 is 1.36 bits per heavy atom. The number of hydrogen-bond donors (Lipinski definition) is 3. The summed E-state index contributed by atoms with van der Waals surface area (Å²) < 4.78 is 40.5. The molecule has 1 aliphatic heterocycles. The molecule has 25 heavy (non-hydrogen) atoms. The van der Waals surface area contributed by atoms with Crippen molar-refractivity contribution in [2.24, 2.45) is 4.99 Å². The van der Waals surface area contributed by atoms with Crippen LogP contribution in [0.2, 0.25) is 0 Å². The highest BCUT2D eigenvalue weighted by Gasteiger charge is 2.37. The minimum Gasteiger partial charge on any atom is -0.406 e. The van der Waals surface area contributed by atoms with Crippen LogP contribution in [0.1, 0.15) is 12.5 Å². The first-order valence-electron chi connectivity index (χ1n) is 7.09. The predicted molar refractivity (Wildman–Crippen MR) is 82.3 cm³/mol. The van der Waals surface area contributed by atoms with E-state index in [1.54, 1.807) is 0 Å². The molecule has 10 heteroatoms. The van der Waals surface area contributed by atoms with Gasteiger partial charge in [-0.1, -0.05) is 12.1 Å². The third-order valence-electron chi connectivity index (χ3n) is 3.06. The second kappa shape index (κ2) is 7.24. The van der Waals surface area contributed by atoms with Crippen molar-refractivity contribution in [1.29, 1.82) is 0 Å². The third-order valence-corrected chi connectivity index (χ3v) is 3.06. The first-order valence-corrected chi connectivity index (χ1v) is 7.09. The van der Waals surface area contributed by atoms with Crippen LogP contribution in [0.15, 0.2) is 41.7 Å². The monoisotopic (exact) mass is 356 g/mol. The first-order chi connectivity index (χ1) is 11.7. The molecule has 1 unspecified atom stereocenters. The lowest BCUT2D eigenvalue weighted by molar-refractivity contribution is -0.274. The topological polar surface area (TPSA) is 91.8 Å². The lowest BCUT2D eigenvalue weighted by atomic mass is 10.1. The molecule has 0 aliphatic carbocycles. The highest BCUT2D eigenvalue weighted by Crippen LogP contribution is 2.23. The minimum absolute atomic E-state index is 0.0749. The van der Waals surface area contributed by atoms with Crippen molar-refractivity contribution in [3.8, 4) is 5.75 Å². The summed E-state index contributed by atoms with van der Waals surface area (Å²) in [6.07, 6.45) is -0.808. The van der Waals surface area contributed by atoms with E-state index in [1.807, 2.05) is 0 Å². The van der Waals surface area contributed by atoms with Crippen LogP contribution in [0.4, 0.5) is 13.2 Å². The number of carbonyl (C=O) groups excluding carboxylic acids is 2. The Morgan fingerprint density at radius 2 is 2.12 bits per heavy atom. The Morgan fingerprint density at radius 3 is 2.72 bits per heavy atom. The van der Waals surface area contributed by atoms with Crippen LogP contribution in [0.5, 0.6) is 5.75 Å². The van der Waals surface area contributed by atoms with E-state index in [2.05, 4.69) is 25.7 Å². The second-order valence-corrected chi connectivity index (χ2v) is 5.11. The maximum Gasteiger partial charge on any atom is 0.573 e. The summed E-state index contributed by atoms with van der Waals surface area (Å²) in [5.41, 5.74) is -1.18. The van der Waals surface area contributed by atoms with E-state index in [0.717, 1.165) is 12.1 Å². The van der Waals surface area contributed by atoms with Crippen molar-refractivity contribution in [2.45, 2.75) is 25.5 Å². The van der Waals surface area contributed by atoms with Crippen LogP contribution >= 0.6 is 0 Å². The standard InChI is InChI=1S/C15H15F3N4O3/c1-10(23)22-14(9-19-5-6-21-14)13(24)20-8-11-3-2-4-12(7-11)25-15(16,17)18/h2-7,9,21H,8H2,1H3,(H,20,24)(H,22,23). The molecule has 0 saturated heterocycles. The molecule has 2 rings (SSSR count). The molecule has 1 aromatic rings. The number of nitrogens with one attached hydrogen (secondary N) is 3. The molecule has 0 saturated carbocycles. The van der Waals surface area contributed by atoms with Gasteiger partial charge in [-0.25, -0.2) is 0 Å². The molecule has 134 valence electrons. The number of nitrogens with zero attached hydrogens (tertiary/aromatic N) is 1. The average molecular weight is 356 g/mol. The van der Waals surface area contributed by atoms with E-state index in [1.165, 1.54) is 37.7 Å². The normalized spacial score (nSPS) is 19.0. The number of ether oxygens (including phenoxy) is 1. The number of aliphatic imine (C=N–C) groups is 1. The summed E-state index contributed by atoms with van der Waals surface area (Å²) in [5, 5.41) is 7.66. The van der Waals surface area contributed by atoms with Gasteiger partial charge in [0.1, 0.15) is 5.75 Å². The Kier molecular flexibility index (Phi) is 5.30. The molecule has 0 fully saturated rings. The molecule has 0 aromatic heterocycles. The average Bonchev–Trinajstić information content (AvgIpc) is 2.51. The number of carbonyl (C=O) groups is 2. The summed E-state index contributed by atoms with van der Waals surface area (Å²) >= 11 is 0. The summed E-state index contributed by atoms with van der Waals surface area (Å²) in [5.74, 6) is -1.49. The van der Waals surface area contributed by atoms with Gasteiger partial charge < -0.3 is 20.7 Å². The second-order valence-electron chi connectivity index (χ2n) is 5.11. The molecule has 1 aromatic carbocycles. The Bertz CT molecular complexity index is 718. The van der Waals surface area contributed by atoms with Gasteiger partial charge in [-0.05, 0) is 17.7 Å². The quantitative estimate of drug-likeness (QED) is 0.739. The molecule has 7 nitrogen and oxygen atoms in total. The van der Waals surface area contributed by atoms with E-state index < -0.39 is 29.6 Å². The van der Waals surface area contributed by atoms with E-state index in [4.69, 9.17) is 0 Å². The first kappa shape index (κ1) is 18.3. The van der Waals surface area contributed by atoms with Gasteiger partial charge in [0.15, 0.2) is 0 Å². The zero-order valence-electron chi connectivity index (χ0n) is 13.1. The maximum absolute atomic E-state index is 12.4. The summed E-state index contributed by atoms with van der Waals surface area (Å²) in [6, 6.07) is 5.20. The molecule has 0 spiro atoms. The molecule has 0 bridgehead atoms. The minimum atomic E-state index is -4.80. The van der Waals surface area contributed by atoms with E-state index in [9.17, 15) is 22.8 Å². The van der Waals surface area contributed by atoms with Gasteiger partial charge in [0.25, 0.3) is 5.91 Å². The molecule has 1 aliphatic rings. The number of alkyl halides is 3. The lowest BCUT2D eigenvalue weighted by Gasteiger charge is -2.30. The van der Waals surface area contributed by atoms with Crippen LogP contribution in [-0.4, -0.2) is 30.1 Å². The van der Waals surface area contributed by atoms with Crippen molar-refractivity contribution < 1.29 is 27.5 Å². The van der Waals surface area contributed by atoms with Gasteiger partial charge in [0.05, 0.1) is 6.21 Å². The van der Waals surface area contributed by atoms with Gasteiger partial charge in [0.2, 0.25) is 11.6 Å². The fourth-order valence-electron chi connectivity index (χ4n) is 2.11. The van der Waals surface area contributed by atoms with Gasteiger partial charge in [-0.2, -0.15) is 0 Å². The van der Waals surface area contributed by atoms with Crippen LogP contribution < -0.4 is 20.7 Å². The number of halogens is 3. The SMILES string of the molecule is CC(=O)NC1(C(=O)NCc2cccc(OC(F)(F)F)c2)C=NC=CN1. The zero-order valence-corrected chi connectivity index (χ0v) is 13.1. The Labute approximate surface area is 140 Å². The summed E-state index contributed by atoms with van der Waals surface area (Å²) in [4.78, 5) is 27.6. The lowest BCUT2D eigenvalue weighted by Crippen LogP contribution is -2.67.